The fourth-order valence-electron chi connectivity index (χ4n) is 2.01. The van der Waals surface area contributed by atoms with E-state index in [1.54, 1.807) is 36.1 Å². The number of nitrogens with zero attached hydrogens (tertiary/aromatic N) is 2. The van der Waals surface area contributed by atoms with E-state index >= 15 is 0 Å². The second kappa shape index (κ2) is 7.98. The molecule has 7 nitrogen and oxygen atoms in total. The lowest BCUT2D eigenvalue weighted by Gasteiger charge is -2.16. The number of rotatable bonds is 6. The van der Waals surface area contributed by atoms with Gasteiger partial charge in [-0.15, -0.1) is 0 Å². The van der Waals surface area contributed by atoms with E-state index in [1.807, 2.05) is 25.1 Å². The summed E-state index contributed by atoms with van der Waals surface area (Å²) in [5.74, 6) is -0.206. The lowest BCUT2D eigenvalue weighted by atomic mass is 10.2. The summed E-state index contributed by atoms with van der Waals surface area (Å²) in [6, 6.07) is 8.05. The van der Waals surface area contributed by atoms with E-state index in [0.717, 1.165) is 12.1 Å². The largest absolute Gasteiger partial charge is 0.354 e. The normalized spacial score (nSPS) is 11.6. The Morgan fingerprint density at radius 1 is 1.26 bits per heavy atom. The van der Waals surface area contributed by atoms with E-state index in [1.165, 1.54) is 0 Å². The van der Waals surface area contributed by atoms with Gasteiger partial charge in [0.15, 0.2) is 0 Å². The van der Waals surface area contributed by atoms with Crippen LogP contribution in [0.5, 0.6) is 0 Å². The van der Waals surface area contributed by atoms with E-state index in [4.69, 9.17) is 0 Å². The van der Waals surface area contributed by atoms with Gasteiger partial charge in [0.2, 0.25) is 5.91 Å². The standard InChI is InChI=1S/C16H21N5O2/c1-3-9-17-15(22)12(2)19-16(23)20-13-7-4-5-8-14(13)21-11-6-10-18-21/h4-8,10-12H,3,9H2,1-2H3,(H,17,22)(H2,19,20,23)/t12-/m1/s1. The van der Waals surface area contributed by atoms with Crippen molar-refractivity contribution in [3.05, 3.63) is 42.7 Å². The molecule has 0 aliphatic rings. The number of urea groups is 1. The Kier molecular flexibility index (Phi) is 5.74. The second-order valence-corrected chi connectivity index (χ2v) is 5.08. The molecule has 1 atom stereocenters. The van der Waals surface area contributed by atoms with Crippen molar-refractivity contribution < 1.29 is 9.59 Å². The molecule has 1 aromatic heterocycles. The van der Waals surface area contributed by atoms with Gasteiger partial charge in [-0.2, -0.15) is 5.10 Å². The van der Waals surface area contributed by atoms with E-state index in [-0.39, 0.29) is 5.91 Å². The molecule has 122 valence electrons. The second-order valence-electron chi connectivity index (χ2n) is 5.08. The van der Waals surface area contributed by atoms with E-state index < -0.39 is 12.1 Å². The summed E-state index contributed by atoms with van der Waals surface area (Å²) in [7, 11) is 0. The molecule has 0 bridgehead atoms. The number of aromatic nitrogens is 2. The molecule has 1 heterocycles. The van der Waals surface area contributed by atoms with Crippen LogP contribution >= 0.6 is 0 Å². The van der Waals surface area contributed by atoms with Gasteiger partial charge in [0, 0.05) is 18.9 Å². The molecule has 2 aromatic rings. The van der Waals surface area contributed by atoms with Crippen LogP contribution in [0, 0.1) is 0 Å². The smallest absolute Gasteiger partial charge is 0.319 e. The third-order valence-corrected chi connectivity index (χ3v) is 3.19. The number of hydrogen-bond acceptors (Lipinski definition) is 3. The molecule has 0 spiro atoms. The van der Waals surface area contributed by atoms with Crippen molar-refractivity contribution in [2.24, 2.45) is 0 Å². The average molecular weight is 315 g/mol. The molecule has 7 heteroatoms. The Bertz CT molecular complexity index is 654. The minimum Gasteiger partial charge on any atom is -0.354 e. The first-order chi connectivity index (χ1) is 11.1. The Morgan fingerprint density at radius 2 is 2.04 bits per heavy atom. The van der Waals surface area contributed by atoms with Gasteiger partial charge in [-0.1, -0.05) is 19.1 Å². The Morgan fingerprint density at radius 3 is 2.74 bits per heavy atom. The van der Waals surface area contributed by atoms with Crippen LogP contribution in [0.3, 0.4) is 0 Å². The van der Waals surface area contributed by atoms with Crippen molar-refractivity contribution in [3.63, 3.8) is 0 Å². The molecule has 0 aliphatic carbocycles. The van der Waals surface area contributed by atoms with Crippen molar-refractivity contribution >= 4 is 17.6 Å². The first-order valence-electron chi connectivity index (χ1n) is 7.56. The maximum Gasteiger partial charge on any atom is 0.319 e. The first kappa shape index (κ1) is 16.5. The lowest BCUT2D eigenvalue weighted by molar-refractivity contribution is -0.122. The number of amides is 3. The van der Waals surface area contributed by atoms with Crippen LogP contribution in [0.1, 0.15) is 20.3 Å². The molecule has 1 aromatic carbocycles. The summed E-state index contributed by atoms with van der Waals surface area (Å²) in [5.41, 5.74) is 1.35. The van der Waals surface area contributed by atoms with Gasteiger partial charge < -0.3 is 16.0 Å². The predicted octanol–water partition coefficient (Wildman–Crippen LogP) is 1.91. The van der Waals surface area contributed by atoms with Crippen LogP contribution in [0.2, 0.25) is 0 Å². The summed E-state index contributed by atoms with van der Waals surface area (Å²) in [4.78, 5) is 23.9. The highest BCUT2D eigenvalue weighted by Gasteiger charge is 2.15. The van der Waals surface area contributed by atoms with Gasteiger partial charge in [0.25, 0.3) is 0 Å². The number of carbonyl (C=O) groups excluding carboxylic acids is 2. The molecule has 0 saturated carbocycles. The van der Waals surface area contributed by atoms with Crippen molar-refractivity contribution in [3.8, 4) is 5.69 Å². The Balaban J connectivity index is 2.00. The number of carbonyl (C=O) groups is 2. The number of anilines is 1. The van der Waals surface area contributed by atoms with Gasteiger partial charge in [-0.25, -0.2) is 9.48 Å². The molecule has 0 aliphatic heterocycles. The summed E-state index contributed by atoms with van der Waals surface area (Å²) < 4.78 is 1.66. The van der Waals surface area contributed by atoms with Gasteiger partial charge in [-0.05, 0) is 31.5 Å². The van der Waals surface area contributed by atoms with Crippen molar-refractivity contribution in [2.45, 2.75) is 26.3 Å². The van der Waals surface area contributed by atoms with Crippen LogP contribution in [0.15, 0.2) is 42.7 Å². The summed E-state index contributed by atoms with van der Waals surface area (Å²) in [6.45, 7) is 4.20. The SMILES string of the molecule is CCCNC(=O)[C@@H](C)NC(=O)Nc1ccccc1-n1cccn1. The van der Waals surface area contributed by atoms with E-state index in [2.05, 4.69) is 21.0 Å². The molecule has 3 amide bonds. The number of hydrogen-bond donors (Lipinski definition) is 3. The molecule has 2 rings (SSSR count). The molecule has 0 unspecified atom stereocenters. The lowest BCUT2D eigenvalue weighted by Crippen LogP contribution is -2.46. The van der Waals surface area contributed by atoms with E-state index in [9.17, 15) is 9.59 Å². The quantitative estimate of drug-likeness (QED) is 0.761. The predicted molar refractivity (Wildman–Crippen MR) is 88.5 cm³/mol. The van der Waals surface area contributed by atoms with Crippen molar-refractivity contribution in [1.82, 2.24) is 20.4 Å². The van der Waals surface area contributed by atoms with Crippen molar-refractivity contribution in [2.75, 3.05) is 11.9 Å². The van der Waals surface area contributed by atoms with Crippen LogP contribution < -0.4 is 16.0 Å². The van der Waals surface area contributed by atoms with Gasteiger partial charge in [0.1, 0.15) is 6.04 Å². The average Bonchev–Trinajstić information content (AvgIpc) is 3.07. The fraction of sp³-hybridized carbons (Fsp3) is 0.312. The van der Waals surface area contributed by atoms with Crippen LogP contribution in [-0.4, -0.2) is 34.3 Å². The highest BCUT2D eigenvalue weighted by molar-refractivity contribution is 5.94. The molecule has 3 N–H and O–H groups in total. The Hall–Kier alpha value is -2.83. The molecular weight excluding hydrogens is 294 g/mol. The van der Waals surface area contributed by atoms with Crippen LogP contribution in [0.4, 0.5) is 10.5 Å². The van der Waals surface area contributed by atoms with Gasteiger partial charge >= 0.3 is 6.03 Å². The monoisotopic (exact) mass is 315 g/mol. The third kappa shape index (κ3) is 4.57. The molecule has 0 saturated heterocycles. The first-order valence-corrected chi connectivity index (χ1v) is 7.56. The van der Waals surface area contributed by atoms with Crippen LogP contribution in [-0.2, 0) is 4.79 Å². The fourth-order valence-corrected chi connectivity index (χ4v) is 2.01. The minimum atomic E-state index is -0.613. The summed E-state index contributed by atoms with van der Waals surface area (Å²) >= 11 is 0. The summed E-state index contributed by atoms with van der Waals surface area (Å²) in [6.07, 6.45) is 4.30. The molecule has 0 fully saturated rings. The van der Waals surface area contributed by atoms with Crippen LogP contribution in [0.25, 0.3) is 5.69 Å². The minimum absolute atomic E-state index is 0.206. The molecule has 23 heavy (non-hydrogen) atoms. The maximum absolute atomic E-state index is 12.1. The highest BCUT2D eigenvalue weighted by atomic mass is 16.2. The number of benzene rings is 1. The third-order valence-electron chi connectivity index (χ3n) is 3.19. The zero-order valence-corrected chi connectivity index (χ0v) is 13.2. The van der Waals surface area contributed by atoms with E-state index in [0.29, 0.717) is 12.2 Å². The zero-order chi connectivity index (χ0) is 16.7. The maximum atomic E-state index is 12.1. The summed E-state index contributed by atoms with van der Waals surface area (Å²) in [5, 5.41) is 12.3. The molecular formula is C16H21N5O2. The zero-order valence-electron chi connectivity index (χ0n) is 13.2. The number of nitrogens with one attached hydrogen (secondary N) is 3. The molecule has 0 radical (unpaired) electrons. The van der Waals surface area contributed by atoms with Crippen molar-refractivity contribution in [1.29, 1.82) is 0 Å². The number of para-hydroxylation sites is 2. The highest BCUT2D eigenvalue weighted by Crippen LogP contribution is 2.18. The Labute approximate surface area is 135 Å². The topological polar surface area (TPSA) is 88.0 Å². The van der Waals surface area contributed by atoms with Gasteiger partial charge in [0.05, 0.1) is 11.4 Å². The van der Waals surface area contributed by atoms with Gasteiger partial charge in [-0.3, -0.25) is 4.79 Å².